The average Bonchev–Trinajstić information content (AvgIpc) is 2.47. The molecule has 1 atom stereocenters. The smallest absolute Gasteiger partial charge is 0.225 e. The lowest BCUT2D eigenvalue weighted by Crippen LogP contribution is -2.48. The molecule has 1 aromatic rings. The third kappa shape index (κ3) is 4.44. The summed E-state index contributed by atoms with van der Waals surface area (Å²) in [6, 6.07) is 2.47. The first-order valence-electron chi connectivity index (χ1n) is 7.27. The van der Waals surface area contributed by atoms with Crippen molar-refractivity contribution >= 4 is 5.95 Å². The van der Waals surface area contributed by atoms with Crippen LogP contribution in [0.2, 0.25) is 0 Å². The van der Waals surface area contributed by atoms with Crippen molar-refractivity contribution in [3.63, 3.8) is 0 Å². The minimum atomic E-state index is 0.612. The van der Waals surface area contributed by atoms with Gasteiger partial charge in [0.05, 0.1) is 0 Å². The van der Waals surface area contributed by atoms with E-state index in [-0.39, 0.29) is 0 Å². The molecule has 1 aliphatic rings. The zero-order valence-corrected chi connectivity index (χ0v) is 12.0. The minimum Gasteiger partial charge on any atom is -0.338 e. The number of hydrogen-bond donors (Lipinski definition) is 1. The molecular formula is C14H25N5. The van der Waals surface area contributed by atoms with E-state index in [0.717, 1.165) is 38.7 Å². The van der Waals surface area contributed by atoms with Crippen LogP contribution in [0.3, 0.4) is 0 Å². The van der Waals surface area contributed by atoms with E-state index >= 15 is 0 Å². The summed E-state index contributed by atoms with van der Waals surface area (Å²) < 4.78 is 0. The summed E-state index contributed by atoms with van der Waals surface area (Å²) in [4.78, 5) is 13.4. The third-order valence-corrected chi connectivity index (χ3v) is 3.64. The molecule has 0 aliphatic carbocycles. The Morgan fingerprint density at radius 1 is 1.21 bits per heavy atom. The Morgan fingerprint density at radius 3 is 2.53 bits per heavy atom. The monoisotopic (exact) mass is 263 g/mol. The molecular weight excluding hydrogens is 238 g/mol. The Morgan fingerprint density at radius 2 is 1.89 bits per heavy atom. The molecule has 1 saturated heterocycles. The first-order chi connectivity index (χ1) is 9.29. The molecule has 1 unspecified atom stereocenters. The van der Waals surface area contributed by atoms with Gasteiger partial charge < -0.3 is 10.2 Å². The first kappa shape index (κ1) is 14.2. The van der Waals surface area contributed by atoms with Gasteiger partial charge in [0.15, 0.2) is 0 Å². The average molecular weight is 263 g/mol. The quantitative estimate of drug-likeness (QED) is 0.829. The van der Waals surface area contributed by atoms with Gasteiger partial charge >= 0.3 is 0 Å². The van der Waals surface area contributed by atoms with E-state index < -0.39 is 0 Å². The zero-order valence-electron chi connectivity index (χ0n) is 12.0. The van der Waals surface area contributed by atoms with Gasteiger partial charge in [-0.15, -0.1) is 0 Å². The maximum absolute atomic E-state index is 4.31. The van der Waals surface area contributed by atoms with Gasteiger partial charge in [-0.2, -0.15) is 0 Å². The van der Waals surface area contributed by atoms with Crippen LogP contribution in [0, 0.1) is 0 Å². The first-order valence-corrected chi connectivity index (χ1v) is 7.27. The molecule has 1 aromatic heterocycles. The predicted molar refractivity (Wildman–Crippen MR) is 78.4 cm³/mol. The normalized spacial score (nSPS) is 18.5. The lowest BCUT2D eigenvalue weighted by molar-refractivity contribution is 0.244. The highest BCUT2D eigenvalue weighted by Crippen LogP contribution is 2.10. The van der Waals surface area contributed by atoms with Crippen molar-refractivity contribution < 1.29 is 0 Å². The van der Waals surface area contributed by atoms with Gasteiger partial charge in [0.1, 0.15) is 0 Å². The molecule has 1 aliphatic heterocycles. The fraction of sp³-hybridized carbons (Fsp3) is 0.714. The molecule has 0 radical (unpaired) electrons. The fourth-order valence-corrected chi connectivity index (χ4v) is 2.45. The molecule has 0 bridgehead atoms. The van der Waals surface area contributed by atoms with E-state index in [0.29, 0.717) is 6.04 Å². The van der Waals surface area contributed by atoms with Crippen LogP contribution in [0.1, 0.15) is 20.3 Å². The summed E-state index contributed by atoms with van der Waals surface area (Å²) in [5.41, 5.74) is 0. The Bertz CT molecular complexity index is 348. The van der Waals surface area contributed by atoms with Gasteiger partial charge in [0.25, 0.3) is 0 Å². The highest BCUT2D eigenvalue weighted by molar-refractivity contribution is 5.29. The van der Waals surface area contributed by atoms with Crippen LogP contribution in [-0.2, 0) is 0 Å². The highest BCUT2D eigenvalue weighted by Gasteiger charge is 2.18. The van der Waals surface area contributed by atoms with Gasteiger partial charge in [-0.25, -0.2) is 9.97 Å². The van der Waals surface area contributed by atoms with Gasteiger partial charge in [0, 0.05) is 44.6 Å². The molecule has 19 heavy (non-hydrogen) atoms. The Balaban J connectivity index is 1.71. The summed E-state index contributed by atoms with van der Waals surface area (Å²) in [6.07, 6.45) is 4.84. The standard InChI is InChI=1S/C14H25N5/c1-3-15-13(2)5-8-18-9-11-19(12-10-18)14-16-6-4-7-17-14/h4,6-7,13,15H,3,5,8-12H2,1-2H3. The van der Waals surface area contributed by atoms with E-state index in [1.807, 2.05) is 18.5 Å². The lowest BCUT2D eigenvalue weighted by atomic mass is 10.2. The molecule has 1 N–H and O–H groups in total. The number of nitrogens with zero attached hydrogens (tertiary/aromatic N) is 4. The second-order valence-corrected chi connectivity index (χ2v) is 5.12. The van der Waals surface area contributed by atoms with E-state index in [1.165, 1.54) is 13.0 Å². The number of piperazine rings is 1. The third-order valence-electron chi connectivity index (χ3n) is 3.64. The Labute approximate surface area is 116 Å². The Hall–Kier alpha value is -1.20. The van der Waals surface area contributed by atoms with Crippen LogP contribution in [0.5, 0.6) is 0 Å². The maximum atomic E-state index is 4.31. The molecule has 5 nitrogen and oxygen atoms in total. The number of hydrogen-bond acceptors (Lipinski definition) is 5. The predicted octanol–water partition coefficient (Wildman–Crippen LogP) is 0.987. The number of aromatic nitrogens is 2. The Kier molecular flexibility index (Phi) is 5.54. The molecule has 2 rings (SSSR count). The van der Waals surface area contributed by atoms with Crippen molar-refractivity contribution in [1.29, 1.82) is 0 Å². The van der Waals surface area contributed by atoms with Crippen LogP contribution >= 0.6 is 0 Å². The topological polar surface area (TPSA) is 44.3 Å². The van der Waals surface area contributed by atoms with Crippen molar-refractivity contribution in [2.45, 2.75) is 26.3 Å². The molecule has 0 saturated carbocycles. The van der Waals surface area contributed by atoms with Crippen LogP contribution in [0.15, 0.2) is 18.5 Å². The molecule has 106 valence electrons. The van der Waals surface area contributed by atoms with Gasteiger partial charge in [-0.3, -0.25) is 4.90 Å². The zero-order chi connectivity index (χ0) is 13.5. The number of rotatable bonds is 6. The highest BCUT2D eigenvalue weighted by atomic mass is 15.3. The van der Waals surface area contributed by atoms with Gasteiger partial charge in [-0.05, 0) is 32.5 Å². The van der Waals surface area contributed by atoms with Crippen molar-refractivity contribution in [2.75, 3.05) is 44.2 Å². The second kappa shape index (κ2) is 7.40. The van der Waals surface area contributed by atoms with Crippen LogP contribution in [-0.4, -0.2) is 60.2 Å². The summed E-state index contributed by atoms with van der Waals surface area (Å²) in [5, 5.41) is 3.46. The van der Waals surface area contributed by atoms with Crippen molar-refractivity contribution in [3.05, 3.63) is 18.5 Å². The molecule has 0 spiro atoms. The maximum Gasteiger partial charge on any atom is 0.225 e. The van der Waals surface area contributed by atoms with Crippen LogP contribution < -0.4 is 10.2 Å². The summed E-state index contributed by atoms with van der Waals surface area (Å²) in [6.45, 7) is 10.9. The molecule has 1 fully saturated rings. The minimum absolute atomic E-state index is 0.612. The lowest BCUT2D eigenvalue weighted by Gasteiger charge is -2.35. The molecule has 5 heteroatoms. The van der Waals surface area contributed by atoms with Gasteiger partial charge in [-0.1, -0.05) is 6.92 Å². The van der Waals surface area contributed by atoms with Crippen molar-refractivity contribution in [2.24, 2.45) is 0 Å². The summed E-state index contributed by atoms with van der Waals surface area (Å²) >= 11 is 0. The van der Waals surface area contributed by atoms with E-state index in [2.05, 4.69) is 38.9 Å². The molecule has 0 aromatic carbocycles. The van der Waals surface area contributed by atoms with Crippen molar-refractivity contribution in [3.8, 4) is 0 Å². The van der Waals surface area contributed by atoms with Crippen LogP contribution in [0.4, 0.5) is 5.95 Å². The van der Waals surface area contributed by atoms with Crippen molar-refractivity contribution in [1.82, 2.24) is 20.2 Å². The van der Waals surface area contributed by atoms with Crippen LogP contribution in [0.25, 0.3) is 0 Å². The fourth-order valence-electron chi connectivity index (χ4n) is 2.45. The summed E-state index contributed by atoms with van der Waals surface area (Å²) in [5.74, 6) is 0.864. The van der Waals surface area contributed by atoms with E-state index in [9.17, 15) is 0 Å². The second-order valence-electron chi connectivity index (χ2n) is 5.12. The number of anilines is 1. The van der Waals surface area contributed by atoms with Gasteiger partial charge in [0.2, 0.25) is 5.95 Å². The molecule has 2 heterocycles. The molecule has 0 amide bonds. The summed E-state index contributed by atoms with van der Waals surface area (Å²) in [7, 11) is 0. The van der Waals surface area contributed by atoms with E-state index in [4.69, 9.17) is 0 Å². The number of nitrogens with one attached hydrogen (secondary N) is 1. The van der Waals surface area contributed by atoms with E-state index in [1.54, 1.807) is 0 Å². The SMILES string of the molecule is CCNC(C)CCN1CCN(c2ncccn2)CC1. The largest absolute Gasteiger partial charge is 0.338 e.